The first-order chi connectivity index (χ1) is 30.0. The van der Waals surface area contributed by atoms with Crippen molar-refractivity contribution >= 4 is 65.5 Å². The molecule has 0 saturated heterocycles. The molecule has 0 aliphatic heterocycles. The Morgan fingerprint density at radius 2 is 0.557 bits per heavy atom. The minimum atomic E-state index is -3.74. The first-order valence-corrected chi connectivity index (χ1v) is 21.8. The van der Waals surface area contributed by atoms with Crippen LogP contribution in [-0.2, 0) is 9.84 Å². The molecule has 10 aromatic carbocycles. The van der Waals surface area contributed by atoms with Crippen LogP contribution in [0.15, 0.2) is 252 Å². The molecule has 0 N–H and O–H groups in total. The predicted molar refractivity (Wildman–Crippen MR) is 254 cm³/mol. The topological polar surface area (TPSA) is 40.6 Å². The lowest BCUT2D eigenvalue weighted by Gasteiger charge is -2.27. The van der Waals surface area contributed by atoms with Gasteiger partial charge in [0.1, 0.15) is 0 Å². The summed E-state index contributed by atoms with van der Waals surface area (Å²) in [6.45, 7) is 0. The quantitative estimate of drug-likeness (QED) is 0.138. The van der Waals surface area contributed by atoms with Crippen molar-refractivity contribution in [2.45, 2.75) is 9.79 Å². The SMILES string of the molecule is O=S(=O)(c1ccc(-c2ccc(N(c3ccccc3)c3cccc4ccccc34)cc2)cc1)c1ccc(-c2ccc(N(c3ccccc3)c3cccc4ccccc34)cc2)cc1. The van der Waals surface area contributed by atoms with Crippen molar-refractivity contribution in [1.82, 2.24) is 0 Å². The molecule has 0 radical (unpaired) electrons. The van der Waals surface area contributed by atoms with Crippen LogP contribution >= 0.6 is 0 Å². The van der Waals surface area contributed by atoms with Crippen LogP contribution in [-0.4, -0.2) is 8.42 Å². The summed E-state index contributed by atoms with van der Waals surface area (Å²) in [5, 5.41) is 4.69. The van der Waals surface area contributed by atoms with Crippen LogP contribution in [0.4, 0.5) is 34.1 Å². The molecule has 10 aromatic rings. The van der Waals surface area contributed by atoms with Crippen molar-refractivity contribution in [3.05, 3.63) is 243 Å². The van der Waals surface area contributed by atoms with E-state index in [1.54, 1.807) is 24.3 Å². The van der Waals surface area contributed by atoms with E-state index in [0.717, 1.165) is 56.4 Å². The van der Waals surface area contributed by atoms with E-state index in [4.69, 9.17) is 0 Å². The smallest absolute Gasteiger partial charge is 0.206 e. The molecule has 0 saturated carbocycles. The van der Waals surface area contributed by atoms with Crippen LogP contribution in [0.1, 0.15) is 0 Å². The fraction of sp³-hybridized carbons (Fsp3) is 0. The summed E-state index contributed by atoms with van der Waals surface area (Å²) >= 11 is 0. The summed E-state index contributed by atoms with van der Waals surface area (Å²) in [7, 11) is -3.74. The highest BCUT2D eigenvalue weighted by atomic mass is 32.2. The molecule has 61 heavy (non-hydrogen) atoms. The highest BCUT2D eigenvalue weighted by Crippen LogP contribution is 2.41. The number of hydrogen-bond acceptors (Lipinski definition) is 4. The second-order valence-electron chi connectivity index (χ2n) is 15.0. The zero-order valence-electron chi connectivity index (χ0n) is 33.2. The third-order valence-corrected chi connectivity index (χ3v) is 13.1. The number of sulfone groups is 1. The van der Waals surface area contributed by atoms with Gasteiger partial charge in [0.2, 0.25) is 9.84 Å². The summed E-state index contributed by atoms with van der Waals surface area (Å²) in [4.78, 5) is 5.06. The van der Waals surface area contributed by atoms with E-state index in [0.29, 0.717) is 0 Å². The van der Waals surface area contributed by atoms with Gasteiger partial charge in [0.25, 0.3) is 0 Å². The summed E-state index contributed by atoms with van der Waals surface area (Å²) in [5.41, 5.74) is 10.3. The van der Waals surface area contributed by atoms with Crippen molar-refractivity contribution in [2.75, 3.05) is 9.80 Å². The normalized spacial score (nSPS) is 11.4. The summed E-state index contributed by atoms with van der Waals surface area (Å²) in [6.07, 6.45) is 0. The van der Waals surface area contributed by atoms with E-state index < -0.39 is 9.84 Å². The Labute approximate surface area is 356 Å². The Bertz CT molecular complexity index is 3000. The van der Waals surface area contributed by atoms with Gasteiger partial charge >= 0.3 is 0 Å². The molecular formula is C56H40N2O2S. The number of rotatable bonds is 10. The average molecular weight is 805 g/mol. The molecule has 0 aromatic heterocycles. The van der Waals surface area contributed by atoms with Crippen molar-refractivity contribution in [2.24, 2.45) is 0 Å². The van der Waals surface area contributed by atoms with Crippen molar-refractivity contribution in [3.63, 3.8) is 0 Å². The van der Waals surface area contributed by atoms with Gasteiger partial charge in [0, 0.05) is 33.5 Å². The number of nitrogens with zero attached hydrogens (tertiary/aromatic N) is 2. The Morgan fingerprint density at radius 1 is 0.262 bits per heavy atom. The highest BCUT2D eigenvalue weighted by Gasteiger charge is 2.20. The predicted octanol–water partition coefficient (Wildman–Crippen LogP) is 15.1. The Morgan fingerprint density at radius 3 is 0.934 bits per heavy atom. The van der Waals surface area contributed by atoms with Crippen LogP contribution in [0.5, 0.6) is 0 Å². The van der Waals surface area contributed by atoms with Gasteiger partial charge in [-0.05, 0) is 118 Å². The minimum Gasteiger partial charge on any atom is -0.310 e. The van der Waals surface area contributed by atoms with Crippen LogP contribution in [0.25, 0.3) is 43.8 Å². The lowest BCUT2D eigenvalue weighted by Crippen LogP contribution is -2.10. The van der Waals surface area contributed by atoms with E-state index in [1.807, 2.05) is 36.4 Å². The zero-order chi connectivity index (χ0) is 41.2. The molecule has 4 nitrogen and oxygen atoms in total. The van der Waals surface area contributed by atoms with Crippen molar-refractivity contribution in [3.8, 4) is 22.3 Å². The maximum atomic E-state index is 13.9. The molecule has 0 unspecified atom stereocenters. The number of anilines is 6. The standard InChI is InChI=1S/C56H40N2O2S/c59-61(60,51-37-29-43(30-38-51)41-25-33-49(34-26-41)57(47-17-3-1-4-18-47)55-23-11-15-45-13-7-9-21-53(45)55)52-39-31-44(32-40-52)42-27-35-50(36-28-42)58(48-19-5-2-6-20-48)56-24-12-16-46-14-8-10-22-54(46)56/h1-40H. The second-order valence-corrected chi connectivity index (χ2v) is 16.9. The van der Waals surface area contributed by atoms with Gasteiger partial charge in [0.15, 0.2) is 0 Å². The largest absolute Gasteiger partial charge is 0.310 e. The van der Waals surface area contributed by atoms with E-state index in [2.05, 4.69) is 192 Å². The molecule has 0 fully saturated rings. The van der Waals surface area contributed by atoms with Crippen LogP contribution in [0, 0.1) is 0 Å². The number of hydrogen-bond donors (Lipinski definition) is 0. The maximum Gasteiger partial charge on any atom is 0.206 e. The molecule has 0 aliphatic rings. The van der Waals surface area contributed by atoms with Gasteiger partial charge in [-0.1, -0.05) is 158 Å². The molecule has 0 bridgehead atoms. The van der Waals surface area contributed by atoms with Crippen molar-refractivity contribution in [1.29, 1.82) is 0 Å². The number of para-hydroxylation sites is 2. The molecule has 292 valence electrons. The van der Waals surface area contributed by atoms with Crippen LogP contribution in [0.2, 0.25) is 0 Å². The molecule has 0 amide bonds. The minimum absolute atomic E-state index is 0.255. The lowest BCUT2D eigenvalue weighted by atomic mass is 10.0. The van der Waals surface area contributed by atoms with Gasteiger partial charge in [-0.25, -0.2) is 8.42 Å². The fourth-order valence-electron chi connectivity index (χ4n) is 8.21. The zero-order valence-corrected chi connectivity index (χ0v) is 34.0. The third-order valence-electron chi connectivity index (χ3n) is 11.3. The Kier molecular flexibility index (Phi) is 9.93. The molecule has 5 heteroatoms. The highest BCUT2D eigenvalue weighted by molar-refractivity contribution is 7.91. The molecule has 0 aliphatic carbocycles. The number of benzene rings is 10. The first kappa shape index (κ1) is 37.5. The fourth-order valence-corrected chi connectivity index (χ4v) is 9.47. The van der Waals surface area contributed by atoms with Crippen LogP contribution in [0.3, 0.4) is 0 Å². The first-order valence-electron chi connectivity index (χ1n) is 20.3. The van der Waals surface area contributed by atoms with E-state index in [-0.39, 0.29) is 9.79 Å². The number of fused-ring (bicyclic) bond motifs is 2. The monoisotopic (exact) mass is 804 g/mol. The van der Waals surface area contributed by atoms with E-state index >= 15 is 0 Å². The second kappa shape index (κ2) is 16.1. The molecular weight excluding hydrogens is 765 g/mol. The summed E-state index contributed by atoms with van der Waals surface area (Å²) in [6, 6.07) is 81.6. The Balaban J connectivity index is 0.882. The van der Waals surface area contributed by atoms with Crippen molar-refractivity contribution < 1.29 is 8.42 Å². The van der Waals surface area contributed by atoms with Gasteiger partial charge in [-0.2, -0.15) is 0 Å². The van der Waals surface area contributed by atoms with E-state index in [1.165, 1.54) is 21.5 Å². The Hall–Kier alpha value is -7.73. The lowest BCUT2D eigenvalue weighted by molar-refractivity contribution is 0.596. The van der Waals surface area contributed by atoms with Gasteiger partial charge in [0.05, 0.1) is 21.2 Å². The van der Waals surface area contributed by atoms with Gasteiger partial charge in [-0.3, -0.25) is 0 Å². The average Bonchev–Trinajstić information content (AvgIpc) is 3.33. The van der Waals surface area contributed by atoms with Crippen LogP contribution < -0.4 is 9.80 Å². The summed E-state index contributed by atoms with van der Waals surface area (Å²) in [5.74, 6) is 0. The molecule has 0 atom stereocenters. The van der Waals surface area contributed by atoms with Gasteiger partial charge in [-0.15, -0.1) is 0 Å². The molecule has 0 heterocycles. The third kappa shape index (κ3) is 7.33. The maximum absolute atomic E-state index is 13.9. The molecule has 10 rings (SSSR count). The van der Waals surface area contributed by atoms with Gasteiger partial charge < -0.3 is 9.80 Å². The summed E-state index contributed by atoms with van der Waals surface area (Å²) < 4.78 is 27.8. The van der Waals surface area contributed by atoms with E-state index in [9.17, 15) is 8.42 Å². The molecule has 0 spiro atoms.